The number of halogens is 1. The van der Waals surface area contributed by atoms with Crippen molar-refractivity contribution in [2.75, 3.05) is 20.6 Å². The van der Waals surface area contributed by atoms with Crippen LogP contribution in [0.2, 0.25) is 0 Å². The Balaban J connectivity index is 0.00000512. The molecule has 0 radical (unpaired) electrons. The van der Waals surface area contributed by atoms with Crippen molar-refractivity contribution in [2.45, 2.75) is 51.8 Å². The normalized spacial score (nSPS) is 11.9. The van der Waals surface area contributed by atoms with Gasteiger partial charge in [-0.25, -0.2) is 17.7 Å². The Morgan fingerprint density at radius 2 is 1.75 bits per heavy atom. The highest BCUT2D eigenvalue weighted by Crippen LogP contribution is 2.21. The van der Waals surface area contributed by atoms with Gasteiger partial charge in [0, 0.05) is 32.7 Å². The van der Waals surface area contributed by atoms with Crippen molar-refractivity contribution in [3.05, 3.63) is 59.2 Å². The summed E-state index contributed by atoms with van der Waals surface area (Å²) in [5.41, 5.74) is 3.14. The fourth-order valence-corrected chi connectivity index (χ4v) is 3.74. The fraction of sp³-hybridized carbons (Fsp3) is 0.435. The molecule has 9 heteroatoms. The Kier molecular flexibility index (Phi) is 11.5. The number of aliphatic imine (C=N–C) groups is 1. The number of sulfonamides is 1. The summed E-state index contributed by atoms with van der Waals surface area (Å²) >= 11 is 0. The van der Waals surface area contributed by atoms with Gasteiger partial charge in [-0.15, -0.1) is 24.0 Å². The molecule has 0 unspecified atom stereocenters. The molecule has 0 fully saturated rings. The number of hydrogen-bond acceptors (Lipinski definition) is 4. The van der Waals surface area contributed by atoms with Gasteiger partial charge in [-0.2, -0.15) is 0 Å². The number of nitrogens with zero attached hydrogens (tertiary/aromatic N) is 2. The van der Waals surface area contributed by atoms with Crippen molar-refractivity contribution < 1.29 is 13.2 Å². The van der Waals surface area contributed by atoms with Crippen LogP contribution in [0, 0.1) is 6.92 Å². The van der Waals surface area contributed by atoms with Crippen LogP contribution in [0.3, 0.4) is 0 Å². The van der Waals surface area contributed by atoms with Gasteiger partial charge in [0.15, 0.2) is 5.96 Å². The van der Waals surface area contributed by atoms with Crippen LogP contribution in [-0.2, 0) is 23.1 Å². The van der Waals surface area contributed by atoms with Crippen LogP contribution in [0.25, 0.3) is 0 Å². The van der Waals surface area contributed by atoms with Crippen LogP contribution in [0.4, 0.5) is 0 Å². The summed E-state index contributed by atoms with van der Waals surface area (Å²) < 4.78 is 31.6. The first kappa shape index (κ1) is 28.2. The predicted octanol–water partition coefficient (Wildman–Crippen LogP) is 3.91. The summed E-state index contributed by atoms with van der Waals surface area (Å²) in [4.78, 5) is 4.90. The molecule has 0 saturated carbocycles. The highest BCUT2D eigenvalue weighted by molar-refractivity contribution is 14.0. The monoisotopic (exact) mass is 574 g/mol. The molecule has 178 valence electrons. The molecule has 0 aliphatic heterocycles. The molecule has 2 N–H and O–H groups in total. The summed E-state index contributed by atoms with van der Waals surface area (Å²) in [7, 11) is -0.385. The zero-order chi connectivity index (χ0) is 23.0. The van der Waals surface area contributed by atoms with Gasteiger partial charge in [0.2, 0.25) is 10.0 Å². The minimum atomic E-state index is -3.43. The van der Waals surface area contributed by atoms with Crippen molar-refractivity contribution >= 4 is 40.0 Å². The first-order chi connectivity index (χ1) is 14.6. The first-order valence-electron chi connectivity index (χ1n) is 10.4. The Morgan fingerprint density at radius 3 is 2.31 bits per heavy atom. The lowest BCUT2D eigenvalue weighted by Gasteiger charge is -2.17. The molecule has 0 spiro atoms. The number of hydrogen-bond donors (Lipinski definition) is 2. The van der Waals surface area contributed by atoms with Gasteiger partial charge in [0.05, 0.1) is 17.5 Å². The Bertz CT molecular complexity index is 991. The topological polar surface area (TPSA) is 83.0 Å². The van der Waals surface area contributed by atoms with E-state index in [1.807, 2.05) is 33.8 Å². The lowest BCUT2D eigenvalue weighted by Crippen LogP contribution is -2.36. The summed E-state index contributed by atoms with van der Waals surface area (Å²) in [6.07, 6.45) is 0.0988. The average molecular weight is 575 g/mol. The maximum absolute atomic E-state index is 12.2. The van der Waals surface area contributed by atoms with Crippen molar-refractivity contribution in [1.29, 1.82) is 0 Å². The van der Waals surface area contributed by atoms with Gasteiger partial charge in [-0.3, -0.25) is 0 Å². The number of rotatable bonds is 9. The molecule has 2 aromatic carbocycles. The molecule has 0 saturated heterocycles. The first-order valence-corrected chi connectivity index (χ1v) is 11.9. The number of guanidine groups is 1. The molecule has 0 atom stereocenters. The number of ether oxygens (including phenoxy) is 1. The van der Waals surface area contributed by atoms with Crippen molar-refractivity contribution in [3.8, 4) is 5.75 Å². The highest BCUT2D eigenvalue weighted by atomic mass is 127. The Morgan fingerprint density at radius 1 is 1.09 bits per heavy atom. The molecule has 0 aliphatic rings. The number of nitrogens with one attached hydrogen (secondary N) is 2. The Labute approximate surface area is 209 Å². The Hall–Kier alpha value is -1.85. The van der Waals surface area contributed by atoms with Gasteiger partial charge in [0.1, 0.15) is 5.75 Å². The molecular weight excluding hydrogens is 539 g/mol. The fourth-order valence-electron chi connectivity index (χ4n) is 2.84. The molecule has 32 heavy (non-hydrogen) atoms. The lowest BCUT2D eigenvalue weighted by atomic mass is 10.1. The van der Waals surface area contributed by atoms with Crippen LogP contribution in [-0.4, -0.2) is 45.4 Å². The van der Waals surface area contributed by atoms with E-state index in [9.17, 15) is 8.42 Å². The van der Waals surface area contributed by atoms with Gasteiger partial charge >= 0.3 is 0 Å². The van der Waals surface area contributed by atoms with Crippen molar-refractivity contribution in [1.82, 2.24) is 14.9 Å². The smallest absolute Gasteiger partial charge is 0.242 e. The molecule has 2 aromatic rings. The molecular formula is C23H35IN4O3S. The van der Waals surface area contributed by atoms with E-state index in [0.29, 0.717) is 19.0 Å². The highest BCUT2D eigenvalue weighted by Gasteiger charge is 2.16. The second-order valence-corrected chi connectivity index (χ2v) is 9.91. The standard InChI is InChI=1S/C23H34N4O3S.HI/c1-7-24-23(26-16-20-11-8-18(4)14-22(20)30-17(2)3)25-15-19-9-12-21(13-10-19)31(28,29)27(5)6;/h8-14,17H,7,15-16H2,1-6H3,(H2,24,25,26);1H. The summed E-state index contributed by atoms with van der Waals surface area (Å²) in [5.74, 6) is 1.56. The number of aryl methyl sites for hydroxylation is 1. The molecule has 0 aliphatic carbocycles. The van der Waals surface area contributed by atoms with E-state index in [-0.39, 0.29) is 35.0 Å². The second-order valence-electron chi connectivity index (χ2n) is 7.76. The van der Waals surface area contributed by atoms with Gasteiger partial charge in [0.25, 0.3) is 0 Å². The summed E-state index contributed by atoms with van der Waals surface area (Å²) in [5, 5.41) is 6.59. The maximum atomic E-state index is 12.2. The van der Waals surface area contributed by atoms with Gasteiger partial charge < -0.3 is 15.4 Å². The predicted molar refractivity (Wildman–Crippen MR) is 141 cm³/mol. The van der Waals surface area contributed by atoms with E-state index in [4.69, 9.17) is 4.74 Å². The summed E-state index contributed by atoms with van der Waals surface area (Å²) in [6.45, 7) is 9.83. The third kappa shape index (κ3) is 8.25. The van der Waals surface area contributed by atoms with Crippen LogP contribution in [0.5, 0.6) is 5.75 Å². The number of benzene rings is 2. The molecule has 0 amide bonds. The molecule has 2 rings (SSSR count). The largest absolute Gasteiger partial charge is 0.491 e. The van der Waals surface area contributed by atoms with Crippen LogP contribution < -0.4 is 15.4 Å². The SMILES string of the molecule is CCNC(=NCc1ccc(S(=O)(=O)N(C)C)cc1)NCc1ccc(C)cc1OC(C)C.I. The van der Waals surface area contributed by atoms with E-state index in [0.717, 1.165) is 29.0 Å². The summed E-state index contributed by atoms with van der Waals surface area (Å²) in [6, 6.07) is 13.0. The second kappa shape index (κ2) is 13.0. The molecule has 0 heterocycles. The minimum Gasteiger partial charge on any atom is -0.491 e. The van der Waals surface area contributed by atoms with E-state index in [1.54, 1.807) is 24.3 Å². The molecule has 0 aromatic heterocycles. The quantitative estimate of drug-likeness (QED) is 0.270. The zero-order valence-electron chi connectivity index (χ0n) is 19.7. The molecule has 7 nitrogen and oxygen atoms in total. The third-order valence-electron chi connectivity index (χ3n) is 4.50. The third-order valence-corrected chi connectivity index (χ3v) is 6.33. The molecule has 0 bridgehead atoms. The van der Waals surface area contributed by atoms with E-state index < -0.39 is 10.0 Å². The van der Waals surface area contributed by atoms with E-state index >= 15 is 0 Å². The van der Waals surface area contributed by atoms with Gasteiger partial charge in [-0.1, -0.05) is 24.3 Å². The van der Waals surface area contributed by atoms with Crippen LogP contribution in [0.15, 0.2) is 52.4 Å². The van der Waals surface area contributed by atoms with E-state index in [1.165, 1.54) is 18.4 Å². The van der Waals surface area contributed by atoms with Crippen LogP contribution in [0.1, 0.15) is 37.5 Å². The van der Waals surface area contributed by atoms with E-state index in [2.05, 4.69) is 27.8 Å². The van der Waals surface area contributed by atoms with Crippen molar-refractivity contribution in [3.63, 3.8) is 0 Å². The van der Waals surface area contributed by atoms with Crippen LogP contribution >= 0.6 is 24.0 Å². The maximum Gasteiger partial charge on any atom is 0.242 e. The van der Waals surface area contributed by atoms with Crippen molar-refractivity contribution in [2.24, 2.45) is 4.99 Å². The minimum absolute atomic E-state index is 0. The zero-order valence-corrected chi connectivity index (χ0v) is 22.8. The van der Waals surface area contributed by atoms with Gasteiger partial charge in [-0.05, 0) is 57.0 Å². The average Bonchev–Trinajstić information content (AvgIpc) is 2.71. The lowest BCUT2D eigenvalue weighted by molar-refractivity contribution is 0.239.